The van der Waals surface area contributed by atoms with Gasteiger partial charge in [0.15, 0.2) is 0 Å². The molecule has 1 N–H and O–H groups in total. The zero-order valence-electron chi connectivity index (χ0n) is 14.4. The van der Waals surface area contributed by atoms with Crippen LogP contribution in [0.1, 0.15) is 24.1 Å². The fourth-order valence-electron chi connectivity index (χ4n) is 2.39. The second kappa shape index (κ2) is 8.33. The normalized spacial score (nSPS) is 12.0. The Morgan fingerprint density at radius 3 is 2.77 bits per heavy atom. The van der Waals surface area contributed by atoms with Crippen molar-refractivity contribution in [3.63, 3.8) is 0 Å². The summed E-state index contributed by atoms with van der Waals surface area (Å²) < 4.78 is 1.62. The van der Waals surface area contributed by atoms with Crippen molar-refractivity contribution in [3.05, 3.63) is 64.7 Å². The number of halogens is 1. The molecule has 0 radical (unpaired) electrons. The zero-order valence-corrected chi connectivity index (χ0v) is 16.0. The van der Waals surface area contributed by atoms with E-state index in [1.165, 1.54) is 11.8 Å². The molecule has 1 heterocycles. The van der Waals surface area contributed by atoms with Crippen molar-refractivity contribution in [1.29, 1.82) is 0 Å². The first-order chi connectivity index (χ1) is 12.5. The zero-order chi connectivity index (χ0) is 18.5. The largest absolute Gasteiger partial charge is 0.349 e. The summed E-state index contributed by atoms with van der Waals surface area (Å²) in [6.45, 7) is 3.94. The van der Waals surface area contributed by atoms with Gasteiger partial charge in [-0.05, 0) is 54.1 Å². The number of hydrogen-bond acceptors (Lipinski definition) is 5. The molecule has 1 amide bonds. The monoisotopic (exact) mass is 387 g/mol. The molecular weight excluding hydrogens is 370 g/mol. The molecule has 3 aromatic rings. The van der Waals surface area contributed by atoms with Crippen LogP contribution in [0.15, 0.2) is 53.7 Å². The second-order valence-corrected chi connectivity index (χ2v) is 7.22. The van der Waals surface area contributed by atoms with E-state index < -0.39 is 0 Å². The Labute approximate surface area is 160 Å². The fraction of sp³-hybridized carbons (Fsp3) is 0.222. The van der Waals surface area contributed by atoms with Gasteiger partial charge in [0.05, 0.1) is 17.5 Å². The van der Waals surface area contributed by atoms with E-state index in [1.54, 1.807) is 10.7 Å². The number of hydrogen-bond donors (Lipinski definition) is 1. The predicted octanol–water partition coefficient (Wildman–Crippen LogP) is 3.59. The van der Waals surface area contributed by atoms with Crippen LogP contribution in [0.25, 0.3) is 5.69 Å². The highest BCUT2D eigenvalue weighted by Crippen LogP contribution is 2.20. The lowest BCUT2D eigenvalue weighted by Gasteiger charge is -2.14. The first kappa shape index (κ1) is 18.4. The van der Waals surface area contributed by atoms with Crippen molar-refractivity contribution in [1.82, 2.24) is 25.5 Å². The molecule has 134 valence electrons. The maximum absolute atomic E-state index is 12.3. The van der Waals surface area contributed by atoms with E-state index in [1.807, 2.05) is 56.3 Å². The molecule has 3 rings (SSSR count). The molecule has 0 aliphatic heterocycles. The summed E-state index contributed by atoms with van der Waals surface area (Å²) in [5, 5.41) is 15.9. The van der Waals surface area contributed by atoms with E-state index >= 15 is 0 Å². The Hall–Kier alpha value is -2.38. The number of thioether (sulfide) groups is 1. The lowest BCUT2D eigenvalue weighted by Crippen LogP contribution is -2.28. The Balaban J connectivity index is 1.60. The molecule has 0 bridgehead atoms. The van der Waals surface area contributed by atoms with E-state index in [0.29, 0.717) is 10.2 Å². The van der Waals surface area contributed by atoms with Crippen LogP contribution < -0.4 is 5.32 Å². The minimum Gasteiger partial charge on any atom is -0.349 e. The number of carbonyl (C=O) groups is 1. The Kier molecular flexibility index (Phi) is 5.90. The second-order valence-electron chi connectivity index (χ2n) is 5.84. The number of tetrazole rings is 1. The Morgan fingerprint density at radius 2 is 2.04 bits per heavy atom. The maximum atomic E-state index is 12.3. The van der Waals surface area contributed by atoms with Gasteiger partial charge in [0.2, 0.25) is 11.1 Å². The van der Waals surface area contributed by atoms with Crippen LogP contribution in [0.2, 0.25) is 5.02 Å². The molecule has 0 unspecified atom stereocenters. The number of nitrogens with one attached hydrogen (secondary N) is 1. The summed E-state index contributed by atoms with van der Waals surface area (Å²) in [5.74, 6) is 0.123. The predicted molar refractivity (Wildman–Crippen MR) is 103 cm³/mol. The standard InChI is InChI=1S/C18H18ClN5OS/c1-12-6-8-16(9-7-12)24-18(21-22-23-24)26-11-17(25)20-13(2)14-4-3-5-15(19)10-14/h3-10,13H,11H2,1-2H3,(H,20,25)/t13-/m1/s1. The van der Waals surface area contributed by atoms with Crippen molar-refractivity contribution in [3.8, 4) is 5.69 Å². The summed E-state index contributed by atoms with van der Waals surface area (Å²) in [5.41, 5.74) is 2.97. The van der Waals surface area contributed by atoms with E-state index in [-0.39, 0.29) is 17.7 Å². The molecule has 0 aliphatic rings. The molecule has 6 nitrogen and oxygen atoms in total. The minimum atomic E-state index is -0.130. The van der Waals surface area contributed by atoms with Crippen molar-refractivity contribution in [2.24, 2.45) is 0 Å². The summed E-state index contributed by atoms with van der Waals surface area (Å²) in [6.07, 6.45) is 0. The van der Waals surface area contributed by atoms with E-state index in [9.17, 15) is 4.79 Å². The molecule has 0 aliphatic carbocycles. The maximum Gasteiger partial charge on any atom is 0.230 e. The summed E-state index contributed by atoms with van der Waals surface area (Å²) in [4.78, 5) is 12.3. The number of aryl methyl sites for hydroxylation is 1. The van der Waals surface area contributed by atoms with Gasteiger partial charge in [0.25, 0.3) is 0 Å². The van der Waals surface area contributed by atoms with Crippen LogP contribution in [0, 0.1) is 6.92 Å². The SMILES string of the molecule is Cc1ccc(-n2nnnc2SCC(=O)N[C@H](C)c2cccc(Cl)c2)cc1. The van der Waals surface area contributed by atoms with Crippen LogP contribution >= 0.6 is 23.4 Å². The lowest BCUT2D eigenvalue weighted by molar-refractivity contribution is -0.119. The first-order valence-corrected chi connectivity index (χ1v) is 9.42. The number of nitrogens with zero attached hydrogens (tertiary/aromatic N) is 4. The third-order valence-corrected chi connectivity index (χ3v) is 4.93. The number of aromatic nitrogens is 4. The van der Waals surface area contributed by atoms with Crippen molar-refractivity contribution in [2.75, 3.05) is 5.75 Å². The van der Waals surface area contributed by atoms with Gasteiger partial charge in [-0.3, -0.25) is 4.79 Å². The number of rotatable bonds is 6. The molecule has 26 heavy (non-hydrogen) atoms. The lowest BCUT2D eigenvalue weighted by atomic mass is 10.1. The molecule has 1 aromatic heterocycles. The van der Waals surface area contributed by atoms with Gasteiger partial charge in [-0.15, -0.1) is 5.10 Å². The van der Waals surface area contributed by atoms with Crippen LogP contribution in [-0.2, 0) is 4.79 Å². The highest BCUT2D eigenvalue weighted by molar-refractivity contribution is 7.99. The van der Waals surface area contributed by atoms with Crippen LogP contribution in [-0.4, -0.2) is 31.9 Å². The summed E-state index contributed by atoms with van der Waals surface area (Å²) in [6, 6.07) is 15.2. The van der Waals surface area contributed by atoms with Crippen LogP contribution in [0.3, 0.4) is 0 Å². The van der Waals surface area contributed by atoms with Gasteiger partial charge in [-0.2, -0.15) is 4.68 Å². The van der Waals surface area contributed by atoms with E-state index in [4.69, 9.17) is 11.6 Å². The molecule has 0 spiro atoms. The average Bonchev–Trinajstić information content (AvgIpc) is 3.09. The average molecular weight is 388 g/mol. The Bertz CT molecular complexity index is 897. The van der Waals surface area contributed by atoms with Crippen molar-refractivity contribution < 1.29 is 4.79 Å². The van der Waals surface area contributed by atoms with E-state index in [0.717, 1.165) is 16.8 Å². The van der Waals surface area contributed by atoms with Gasteiger partial charge in [-0.1, -0.05) is 53.2 Å². The number of carbonyl (C=O) groups excluding carboxylic acids is 1. The van der Waals surface area contributed by atoms with Crippen LogP contribution in [0.5, 0.6) is 0 Å². The van der Waals surface area contributed by atoms with Crippen molar-refractivity contribution in [2.45, 2.75) is 25.0 Å². The fourth-order valence-corrected chi connectivity index (χ4v) is 3.29. The molecule has 1 atom stereocenters. The minimum absolute atomic E-state index is 0.0964. The molecule has 0 saturated carbocycles. The smallest absolute Gasteiger partial charge is 0.230 e. The third-order valence-electron chi connectivity index (χ3n) is 3.78. The van der Waals surface area contributed by atoms with Crippen LogP contribution in [0.4, 0.5) is 0 Å². The highest BCUT2D eigenvalue weighted by Gasteiger charge is 2.14. The number of benzene rings is 2. The van der Waals surface area contributed by atoms with Crippen molar-refractivity contribution >= 4 is 29.3 Å². The quantitative estimate of drug-likeness (QED) is 0.654. The van der Waals surface area contributed by atoms with Gasteiger partial charge in [0.1, 0.15) is 0 Å². The molecule has 0 saturated heterocycles. The van der Waals surface area contributed by atoms with Gasteiger partial charge in [0, 0.05) is 5.02 Å². The molecule has 2 aromatic carbocycles. The molecule has 0 fully saturated rings. The van der Waals surface area contributed by atoms with E-state index in [2.05, 4.69) is 20.8 Å². The highest BCUT2D eigenvalue weighted by atomic mass is 35.5. The number of amides is 1. The molecule has 8 heteroatoms. The van der Waals surface area contributed by atoms with Gasteiger partial charge in [-0.25, -0.2) is 0 Å². The first-order valence-electron chi connectivity index (χ1n) is 8.06. The molecular formula is C18H18ClN5OS. The summed E-state index contributed by atoms with van der Waals surface area (Å²) >= 11 is 7.29. The summed E-state index contributed by atoms with van der Waals surface area (Å²) in [7, 11) is 0. The topological polar surface area (TPSA) is 72.7 Å². The van der Waals surface area contributed by atoms with Gasteiger partial charge >= 0.3 is 0 Å². The Morgan fingerprint density at radius 1 is 1.27 bits per heavy atom. The third kappa shape index (κ3) is 4.62. The van der Waals surface area contributed by atoms with Gasteiger partial charge < -0.3 is 5.32 Å².